The highest BCUT2D eigenvalue weighted by Gasteiger charge is 2.48. The normalized spacial score (nSPS) is 19.5. The van der Waals surface area contributed by atoms with E-state index in [0.717, 1.165) is 66.1 Å². The maximum absolute atomic E-state index is 11.8. The van der Waals surface area contributed by atoms with Crippen LogP contribution < -0.4 is 15.4 Å². The van der Waals surface area contributed by atoms with E-state index >= 15 is 0 Å². The highest BCUT2D eigenvalue weighted by atomic mass is 16.6. The molecule has 1 atom stereocenters. The molecular formula is C27H30N6O3. The van der Waals surface area contributed by atoms with Crippen LogP contribution in [0.3, 0.4) is 0 Å². The maximum Gasteiger partial charge on any atom is 0.410 e. The summed E-state index contributed by atoms with van der Waals surface area (Å²) in [7, 11) is 3.65. The number of terminal acetylenes is 1. The molecule has 3 heterocycles. The molecule has 186 valence electrons. The number of amides is 1. The molecule has 1 amide bonds. The van der Waals surface area contributed by atoms with Crippen LogP contribution in [0.15, 0.2) is 42.7 Å². The number of hydrogen-bond donors (Lipinski definition) is 2. The summed E-state index contributed by atoms with van der Waals surface area (Å²) in [5.74, 6) is 4.07. The van der Waals surface area contributed by atoms with Gasteiger partial charge in [0.15, 0.2) is 0 Å². The van der Waals surface area contributed by atoms with E-state index in [4.69, 9.17) is 15.9 Å². The van der Waals surface area contributed by atoms with Crippen LogP contribution in [-0.2, 0) is 4.74 Å². The van der Waals surface area contributed by atoms with Crippen molar-refractivity contribution in [1.29, 1.82) is 0 Å². The summed E-state index contributed by atoms with van der Waals surface area (Å²) in [6, 6.07) is 11.6. The van der Waals surface area contributed by atoms with Crippen LogP contribution >= 0.6 is 0 Å². The fraction of sp³-hybridized carbons (Fsp3) is 0.370. The lowest BCUT2D eigenvalue weighted by atomic mass is 10.0. The molecule has 0 saturated carbocycles. The lowest BCUT2D eigenvalue weighted by Crippen LogP contribution is -2.37. The van der Waals surface area contributed by atoms with Crippen LogP contribution in [0.25, 0.3) is 10.9 Å². The van der Waals surface area contributed by atoms with Crippen molar-refractivity contribution in [3.05, 3.63) is 48.3 Å². The number of nitrogens with zero attached hydrogens (tertiary/aromatic N) is 4. The molecule has 0 radical (unpaired) electrons. The van der Waals surface area contributed by atoms with E-state index in [1.807, 2.05) is 43.4 Å². The van der Waals surface area contributed by atoms with Gasteiger partial charge in [-0.05, 0) is 36.8 Å². The van der Waals surface area contributed by atoms with Crippen molar-refractivity contribution in [3.63, 3.8) is 0 Å². The van der Waals surface area contributed by atoms with E-state index in [9.17, 15) is 4.79 Å². The highest BCUT2D eigenvalue weighted by Crippen LogP contribution is 2.34. The average molecular weight is 487 g/mol. The molecule has 9 heteroatoms. The van der Waals surface area contributed by atoms with E-state index in [0.29, 0.717) is 19.0 Å². The number of carbonyl (C=O) groups is 1. The van der Waals surface area contributed by atoms with E-state index in [2.05, 4.69) is 31.4 Å². The van der Waals surface area contributed by atoms with Gasteiger partial charge in [0.1, 0.15) is 23.5 Å². The fourth-order valence-electron chi connectivity index (χ4n) is 4.91. The van der Waals surface area contributed by atoms with Crippen molar-refractivity contribution in [2.75, 3.05) is 57.5 Å². The highest BCUT2D eigenvalue weighted by molar-refractivity contribution is 5.94. The number of benzene rings is 2. The molecule has 2 saturated heterocycles. The molecule has 2 aromatic carbocycles. The van der Waals surface area contributed by atoms with E-state index in [1.165, 1.54) is 6.33 Å². The first kappa shape index (κ1) is 23.7. The molecule has 3 aromatic rings. The molecule has 1 unspecified atom stereocenters. The Bertz CT molecular complexity index is 1320. The molecule has 36 heavy (non-hydrogen) atoms. The van der Waals surface area contributed by atoms with Crippen molar-refractivity contribution in [2.24, 2.45) is 0 Å². The molecule has 2 aliphatic rings. The predicted molar refractivity (Wildman–Crippen MR) is 140 cm³/mol. The summed E-state index contributed by atoms with van der Waals surface area (Å²) in [5.41, 5.74) is 2.96. The second-order valence-corrected chi connectivity index (χ2v) is 9.32. The quantitative estimate of drug-likeness (QED) is 0.368. The standard InChI is InChI=1S/C27H30N6O3/c1-4-19-7-5-8-20(13-19)31-25-21-14-24(23(28-2)15-22(21)29-18-30-25)35-12-6-10-33-11-9-27(17-33)16-32(3)26(34)36-27/h1,5,7-8,13-15,18,28H,6,9-12,16-17H2,2-3H3,(H,29,30,31). The summed E-state index contributed by atoms with van der Waals surface area (Å²) in [5, 5.41) is 7.41. The van der Waals surface area contributed by atoms with E-state index < -0.39 is 0 Å². The Morgan fingerprint density at radius 2 is 2.14 bits per heavy atom. The van der Waals surface area contributed by atoms with Gasteiger partial charge in [-0.25, -0.2) is 14.8 Å². The van der Waals surface area contributed by atoms with Gasteiger partial charge in [-0.2, -0.15) is 0 Å². The van der Waals surface area contributed by atoms with Gasteiger partial charge in [-0.3, -0.25) is 4.90 Å². The minimum atomic E-state index is -0.354. The third-order valence-corrected chi connectivity index (χ3v) is 6.71. The first-order valence-electron chi connectivity index (χ1n) is 12.1. The zero-order valence-electron chi connectivity index (χ0n) is 20.6. The topological polar surface area (TPSA) is 91.9 Å². The Kier molecular flexibility index (Phi) is 6.53. The van der Waals surface area contributed by atoms with Gasteiger partial charge in [-0.1, -0.05) is 12.0 Å². The predicted octanol–water partition coefficient (Wildman–Crippen LogP) is 3.69. The summed E-state index contributed by atoms with van der Waals surface area (Å²) in [4.78, 5) is 24.7. The first-order valence-corrected chi connectivity index (χ1v) is 12.1. The summed E-state index contributed by atoms with van der Waals surface area (Å²) in [6.07, 6.45) is 8.59. The average Bonchev–Trinajstić information content (AvgIpc) is 3.41. The number of hydrogen-bond acceptors (Lipinski definition) is 8. The lowest BCUT2D eigenvalue weighted by Gasteiger charge is -2.22. The fourth-order valence-corrected chi connectivity index (χ4v) is 4.91. The summed E-state index contributed by atoms with van der Waals surface area (Å²) >= 11 is 0. The number of nitrogens with one attached hydrogen (secondary N) is 2. The van der Waals surface area contributed by atoms with Gasteiger partial charge in [0.25, 0.3) is 0 Å². The zero-order chi connectivity index (χ0) is 25.1. The van der Waals surface area contributed by atoms with Crippen molar-refractivity contribution < 1.29 is 14.3 Å². The third-order valence-electron chi connectivity index (χ3n) is 6.71. The van der Waals surface area contributed by atoms with Crippen LogP contribution in [0, 0.1) is 12.3 Å². The Balaban J connectivity index is 1.24. The van der Waals surface area contributed by atoms with Crippen LogP contribution in [0.1, 0.15) is 18.4 Å². The van der Waals surface area contributed by atoms with Gasteiger partial charge in [0, 0.05) is 56.8 Å². The molecule has 9 nitrogen and oxygen atoms in total. The third kappa shape index (κ3) is 4.86. The molecule has 2 N–H and O–H groups in total. The number of carbonyl (C=O) groups excluding carboxylic acids is 1. The molecule has 2 aliphatic heterocycles. The van der Waals surface area contributed by atoms with Crippen LogP contribution in [-0.4, -0.2) is 78.3 Å². The van der Waals surface area contributed by atoms with Crippen molar-refractivity contribution in [1.82, 2.24) is 19.8 Å². The van der Waals surface area contributed by atoms with Gasteiger partial charge in [0.2, 0.25) is 0 Å². The Morgan fingerprint density at radius 1 is 1.25 bits per heavy atom. The van der Waals surface area contributed by atoms with Crippen LogP contribution in [0.4, 0.5) is 22.0 Å². The Hall–Kier alpha value is -4.03. The van der Waals surface area contributed by atoms with Gasteiger partial charge < -0.3 is 25.0 Å². The van der Waals surface area contributed by atoms with Crippen LogP contribution in [0.2, 0.25) is 0 Å². The minimum absolute atomic E-state index is 0.224. The number of aromatic nitrogens is 2. The van der Waals surface area contributed by atoms with E-state index in [1.54, 1.807) is 11.9 Å². The number of rotatable bonds is 8. The lowest BCUT2D eigenvalue weighted by molar-refractivity contribution is 0.0629. The number of fused-ring (bicyclic) bond motifs is 1. The summed E-state index contributed by atoms with van der Waals surface area (Å²) in [6.45, 7) is 3.80. The Labute approximate surface area is 210 Å². The molecule has 1 spiro atoms. The maximum atomic E-state index is 11.8. The monoisotopic (exact) mass is 486 g/mol. The van der Waals surface area contributed by atoms with Crippen molar-refractivity contribution in [3.8, 4) is 18.1 Å². The van der Waals surface area contributed by atoms with Crippen molar-refractivity contribution in [2.45, 2.75) is 18.4 Å². The smallest absolute Gasteiger partial charge is 0.410 e. The zero-order valence-corrected chi connectivity index (χ0v) is 20.6. The van der Waals surface area contributed by atoms with Crippen molar-refractivity contribution >= 4 is 34.2 Å². The van der Waals surface area contributed by atoms with Gasteiger partial charge in [-0.15, -0.1) is 6.42 Å². The molecular weight excluding hydrogens is 456 g/mol. The first-order chi connectivity index (χ1) is 17.5. The minimum Gasteiger partial charge on any atom is -0.491 e. The van der Waals surface area contributed by atoms with E-state index in [-0.39, 0.29) is 11.7 Å². The number of ether oxygens (including phenoxy) is 2. The van der Waals surface area contributed by atoms with Crippen LogP contribution in [0.5, 0.6) is 5.75 Å². The number of likely N-dealkylation sites (N-methyl/N-ethyl adjacent to an activating group) is 1. The molecule has 0 aliphatic carbocycles. The summed E-state index contributed by atoms with van der Waals surface area (Å²) < 4.78 is 11.8. The SMILES string of the molecule is C#Cc1cccc(Nc2ncnc3cc(NC)c(OCCCN4CCC5(C4)CN(C)C(=O)O5)cc23)c1. The number of anilines is 3. The number of likely N-dealkylation sites (tertiary alicyclic amines) is 1. The molecule has 0 bridgehead atoms. The second kappa shape index (κ2) is 9.91. The Morgan fingerprint density at radius 3 is 2.92 bits per heavy atom. The molecule has 1 aromatic heterocycles. The molecule has 5 rings (SSSR count). The largest absolute Gasteiger partial charge is 0.491 e. The molecule has 2 fully saturated rings. The van der Waals surface area contributed by atoms with Gasteiger partial charge >= 0.3 is 6.09 Å². The van der Waals surface area contributed by atoms with Gasteiger partial charge in [0.05, 0.1) is 24.4 Å². The second-order valence-electron chi connectivity index (χ2n) is 9.32.